The highest BCUT2D eigenvalue weighted by Crippen LogP contribution is 2.48. The van der Waals surface area contributed by atoms with E-state index >= 15 is 0 Å². The Bertz CT molecular complexity index is 773. The first-order valence-electron chi connectivity index (χ1n) is 9.14. The van der Waals surface area contributed by atoms with E-state index in [1.807, 2.05) is 0 Å². The summed E-state index contributed by atoms with van der Waals surface area (Å²) in [5, 5.41) is 0.386. The summed E-state index contributed by atoms with van der Waals surface area (Å²) in [5.74, 6) is -1.12. The fourth-order valence-electron chi connectivity index (χ4n) is 2.09. The lowest BCUT2D eigenvalue weighted by atomic mass is 10.2. The van der Waals surface area contributed by atoms with Gasteiger partial charge in [-0.1, -0.05) is 31.4 Å². The molecule has 1 aromatic rings. The van der Waals surface area contributed by atoms with Gasteiger partial charge in [0.05, 0.1) is 18.5 Å². The number of esters is 2. The quantitative estimate of drug-likeness (QED) is 0.303. The van der Waals surface area contributed by atoms with Crippen molar-refractivity contribution in [3.63, 3.8) is 0 Å². The van der Waals surface area contributed by atoms with E-state index in [1.165, 1.54) is 13.8 Å². The summed E-state index contributed by atoms with van der Waals surface area (Å²) in [6.07, 6.45) is -1.34. The minimum Gasteiger partial charge on any atom is -0.457 e. The maximum atomic E-state index is 13.5. The Morgan fingerprint density at radius 2 is 1.34 bits per heavy atom. The number of ether oxygens (including phenoxy) is 2. The van der Waals surface area contributed by atoms with Crippen LogP contribution in [0.2, 0.25) is 0 Å². The van der Waals surface area contributed by atoms with Crippen LogP contribution in [0.4, 0.5) is 0 Å². The summed E-state index contributed by atoms with van der Waals surface area (Å²) in [4.78, 5) is 23.3. The van der Waals surface area contributed by atoms with Crippen LogP contribution in [0.25, 0.3) is 0 Å². The van der Waals surface area contributed by atoms with Gasteiger partial charge in [0.25, 0.3) is 0 Å². The summed E-state index contributed by atoms with van der Waals surface area (Å²) in [7, 11) is -3.78. The van der Waals surface area contributed by atoms with E-state index in [2.05, 4.69) is 13.2 Å². The molecular formula is C21H29O7P. The number of carbonyl (C=O) groups is 2. The molecule has 1 aromatic carbocycles. The van der Waals surface area contributed by atoms with Gasteiger partial charge in [-0.05, 0) is 46.2 Å². The Hall–Kier alpha value is -2.21. The minimum atomic E-state index is -3.78. The molecular weight excluding hydrogens is 395 g/mol. The van der Waals surface area contributed by atoms with Gasteiger partial charge < -0.3 is 18.5 Å². The summed E-state index contributed by atoms with van der Waals surface area (Å²) in [5.41, 5.74) is 1.22. The molecule has 0 radical (unpaired) electrons. The Morgan fingerprint density at radius 1 is 0.931 bits per heavy atom. The van der Waals surface area contributed by atoms with E-state index in [4.69, 9.17) is 18.5 Å². The predicted octanol–water partition coefficient (Wildman–Crippen LogP) is 3.86. The second-order valence-corrected chi connectivity index (χ2v) is 8.86. The normalized spacial score (nSPS) is 14.9. The number of carbonyl (C=O) groups excluding carboxylic acids is 2. The third-order valence-corrected chi connectivity index (χ3v) is 5.75. The Balaban J connectivity index is 2.91. The summed E-state index contributed by atoms with van der Waals surface area (Å²) in [6.45, 7) is 14.8. The molecule has 0 aliphatic rings. The van der Waals surface area contributed by atoms with Crippen molar-refractivity contribution in [2.24, 2.45) is 0 Å². The molecule has 0 heterocycles. The molecule has 0 fully saturated rings. The highest BCUT2D eigenvalue weighted by molar-refractivity contribution is 7.62. The van der Waals surface area contributed by atoms with Crippen molar-refractivity contribution in [3.8, 4) is 0 Å². The zero-order chi connectivity index (χ0) is 22.2. The molecule has 0 aromatic heterocycles. The van der Waals surface area contributed by atoms with Crippen molar-refractivity contribution < 1.29 is 32.7 Å². The number of hydrogen-bond donors (Lipinski definition) is 0. The predicted molar refractivity (Wildman–Crippen MR) is 111 cm³/mol. The van der Waals surface area contributed by atoms with Gasteiger partial charge in [0.2, 0.25) is 0 Å². The zero-order valence-corrected chi connectivity index (χ0v) is 18.5. The van der Waals surface area contributed by atoms with Gasteiger partial charge in [-0.15, -0.1) is 0 Å². The molecule has 0 aliphatic heterocycles. The molecule has 0 amide bonds. The molecule has 2 unspecified atom stereocenters. The molecule has 160 valence electrons. The number of rotatable bonds is 11. The molecule has 2 atom stereocenters. The highest BCUT2D eigenvalue weighted by atomic mass is 31.2. The second kappa shape index (κ2) is 11.1. The minimum absolute atomic E-state index is 0.148. The van der Waals surface area contributed by atoms with Gasteiger partial charge >= 0.3 is 19.5 Å². The lowest BCUT2D eigenvalue weighted by Crippen LogP contribution is -2.25. The number of hydrogen-bond acceptors (Lipinski definition) is 7. The average Bonchev–Trinajstić information content (AvgIpc) is 2.65. The summed E-state index contributed by atoms with van der Waals surface area (Å²) in [6, 6.07) is 6.95. The number of aryl methyl sites for hydroxylation is 1. The molecule has 0 N–H and O–H groups in total. The van der Waals surface area contributed by atoms with Crippen LogP contribution in [-0.4, -0.2) is 37.4 Å². The topological polar surface area (TPSA) is 88.1 Å². The van der Waals surface area contributed by atoms with Gasteiger partial charge in [0.1, 0.15) is 12.2 Å². The monoisotopic (exact) mass is 424 g/mol. The third kappa shape index (κ3) is 7.97. The molecule has 1 rings (SSSR count). The van der Waals surface area contributed by atoms with Crippen LogP contribution in [0.15, 0.2) is 48.6 Å². The van der Waals surface area contributed by atoms with Crippen LogP contribution in [-0.2, 0) is 32.7 Å². The number of benzene rings is 1. The van der Waals surface area contributed by atoms with Crippen LogP contribution in [0.1, 0.15) is 33.3 Å². The van der Waals surface area contributed by atoms with Crippen LogP contribution < -0.4 is 5.30 Å². The molecule has 29 heavy (non-hydrogen) atoms. The van der Waals surface area contributed by atoms with Gasteiger partial charge in [-0.2, -0.15) is 0 Å². The lowest BCUT2D eigenvalue weighted by molar-refractivity contribution is -0.145. The SMILES string of the molecule is C=C(C)C(=O)OC(C)COP(=O)(OCC(C)OC(=O)C(=C)C)c1ccccc1C. The molecule has 0 spiro atoms. The molecule has 0 aliphatic carbocycles. The highest BCUT2D eigenvalue weighted by Gasteiger charge is 2.31. The van der Waals surface area contributed by atoms with Crippen molar-refractivity contribution in [2.75, 3.05) is 13.2 Å². The van der Waals surface area contributed by atoms with Crippen molar-refractivity contribution in [1.29, 1.82) is 0 Å². The van der Waals surface area contributed by atoms with E-state index in [9.17, 15) is 14.2 Å². The van der Waals surface area contributed by atoms with Crippen molar-refractivity contribution in [3.05, 3.63) is 54.1 Å². The fraction of sp³-hybridized carbons (Fsp3) is 0.429. The first-order chi connectivity index (χ1) is 13.5. The van der Waals surface area contributed by atoms with Gasteiger partial charge in [0, 0.05) is 11.1 Å². The lowest BCUT2D eigenvalue weighted by Gasteiger charge is -2.24. The van der Waals surface area contributed by atoms with Crippen molar-refractivity contribution in [2.45, 2.75) is 46.8 Å². The Morgan fingerprint density at radius 3 is 1.72 bits per heavy atom. The van der Waals surface area contributed by atoms with Crippen molar-refractivity contribution in [1.82, 2.24) is 0 Å². The second-order valence-electron chi connectivity index (χ2n) is 6.87. The standard InChI is InChI=1S/C21H29O7P/c1-14(2)20(22)27-17(6)12-25-29(24,19-11-9-8-10-16(19)5)26-13-18(7)28-21(23)15(3)4/h8-11,17-18H,1,3,12-13H2,2,4-7H3. The summed E-state index contributed by atoms with van der Waals surface area (Å²) >= 11 is 0. The molecule has 0 saturated carbocycles. The molecule has 0 saturated heterocycles. The first kappa shape index (κ1) is 24.8. The van der Waals surface area contributed by atoms with Crippen LogP contribution in [0, 0.1) is 6.92 Å². The molecule has 7 nitrogen and oxygen atoms in total. The maximum absolute atomic E-state index is 13.5. The van der Waals surface area contributed by atoms with E-state index in [0.29, 0.717) is 10.9 Å². The van der Waals surface area contributed by atoms with Gasteiger partial charge in [-0.25, -0.2) is 9.59 Å². The first-order valence-corrected chi connectivity index (χ1v) is 10.7. The molecule has 0 bridgehead atoms. The van der Waals surface area contributed by atoms with Gasteiger partial charge in [0.15, 0.2) is 0 Å². The Labute approximate surface area is 172 Å². The maximum Gasteiger partial charge on any atom is 0.361 e. The fourth-order valence-corrected chi connectivity index (χ4v) is 4.03. The largest absolute Gasteiger partial charge is 0.457 e. The Kier molecular flexibility index (Phi) is 9.50. The van der Waals surface area contributed by atoms with Crippen LogP contribution in [0.3, 0.4) is 0 Å². The smallest absolute Gasteiger partial charge is 0.361 e. The van der Waals surface area contributed by atoms with Crippen LogP contribution >= 0.6 is 7.60 Å². The van der Waals surface area contributed by atoms with E-state index in [-0.39, 0.29) is 24.4 Å². The van der Waals surface area contributed by atoms with E-state index in [0.717, 1.165) is 0 Å². The van der Waals surface area contributed by atoms with E-state index < -0.39 is 31.7 Å². The molecule has 8 heteroatoms. The average molecular weight is 424 g/mol. The third-order valence-electron chi connectivity index (χ3n) is 3.68. The van der Waals surface area contributed by atoms with Crippen LogP contribution in [0.5, 0.6) is 0 Å². The summed E-state index contributed by atoms with van der Waals surface area (Å²) < 4.78 is 35.1. The van der Waals surface area contributed by atoms with E-state index in [1.54, 1.807) is 45.0 Å². The van der Waals surface area contributed by atoms with Gasteiger partial charge in [-0.3, -0.25) is 4.57 Å². The van der Waals surface area contributed by atoms with Crippen molar-refractivity contribution >= 4 is 24.8 Å². The zero-order valence-electron chi connectivity index (χ0n) is 17.6.